The summed E-state index contributed by atoms with van der Waals surface area (Å²) in [5.74, 6) is 0.135. The van der Waals surface area contributed by atoms with Crippen molar-refractivity contribution < 1.29 is 4.79 Å². The van der Waals surface area contributed by atoms with E-state index in [1.165, 1.54) is 38.5 Å². The molecule has 1 aliphatic carbocycles. The summed E-state index contributed by atoms with van der Waals surface area (Å²) >= 11 is 6.48. The molecule has 4 rings (SSSR count). The van der Waals surface area contributed by atoms with Gasteiger partial charge in [-0.25, -0.2) is 0 Å². The van der Waals surface area contributed by atoms with E-state index in [0.29, 0.717) is 13.1 Å². The Morgan fingerprint density at radius 1 is 1.00 bits per heavy atom. The second kappa shape index (κ2) is 10.3. The Morgan fingerprint density at radius 2 is 1.69 bits per heavy atom. The first kappa shape index (κ1) is 21.1. The summed E-state index contributed by atoms with van der Waals surface area (Å²) in [5.41, 5.74) is 1.13. The average Bonchev–Trinajstić information content (AvgIpc) is 3.44. The number of carbonyl (C=O) groups is 1. The van der Waals surface area contributed by atoms with Crippen LogP contribution in [0.4, 0.5) is 0 Å². The third-order valence-corrected chi connectivity index (χ3v) is 7.30. The maximum absolute atomic E-state index is 12.7. The second-order valence-corrected chi connectivity index (χ2v) is 9.24. The monoisotopic (exact) mass is 418 g/mol. The van der Waals surface area contributed by atoms with Crippen molar-refractivity contribution in [2.45, 2.75) is 50.6 Å². The number of halogens is 1. The van der Waals surface area contributed by atoms with Crippen molar-refractivity contribution in [2.75, 3.05) is 52.4 Å². The molecule has 0 radical (unpaired) electrons. The summed E-state index contributed by atoms with van der Waals surface area (Å²) in [7, 11) is 0. The van der Waals surface area contributed by atoms with Gasteiger partial charge in [0.15, 0.2) is 0 Å². The minimum atomic E-state index is 0.135. The molecule has 29 heavy (non-hydrogen) atoms. The summed E-state index contributed by atoms with van der Waals surface area (Å²) in [6.45, 7) is 7.51. The number of benzene rings is 1. The van der Waals surface area contributed by atoms with Crippen molar-refractivity contribution in [3.8, 4) is 0 Å². The van der Waals surface area contributed by atoms with Crippen molar-refractivity contribution in [3.05, 3.63) is 34.9 Å². The van der Waals surface area contributed by atoms with Crippen LogP contribution in [0.15, 0.2) is 24.3 Å². The summed E-state index contributed by atoms with van der Waals surface area (Å²) in [4.78, 5) is 20.1. The Bertz CT molecular complexity index is 665. The van der Waals surface area contributed by atoms with Gasteiger partial charge in [-0.15, -0.1) is 0 Å². The molecule has 5 nitrogen and oxygen atoms in total. The van der Waals surface area contributed by atoms with Crippen LogP contribution in [0.25, 0.3) is 0 Å². The lowest BCUT2D eigenvalue weighted by Gasteiger charge is -2.37. The summed E-state index contributed by atoms with van der Waals surface area (Å²) < 4.78 is 0. The van der Waals surface area contributed by atoms with Crippen LogP contribution in [0.1, 0.15) is 50.1 Å². The number of hydrogen-bond acceptors (Lipinski definition) is 4. The highest BCUT2D eigenvalue weighted by Gasteiger charge is 2.28. The molecule has 1 N–H and O–H groups in total. The zero-order valence-electron chi connectivity index (χ0n) is 17.5. The first-order chi connectivity index (χ1) is 14.2. The quantitative estimate of drug-likeness (QED) is 0.738. The van der Waals surface area contributed by atoms with E-state index in [1.807, 2.05) is 18.2 Å². The standard InChI is InChI=1S/C23H35ClN4O/c24-21-10-4-3-9-20(21)22(28-11-5-6-12-28)17-25-23(29)18-26-13-15-27(16-14-26)19-7-1-2-8-19/h3-4,9-10,19,22H,1-2,5-8,11-18H2,(H,25,29). The van der Waals surface area contributed by atoms with Gasteiger partial charge in [0.1, 0.15) is 0 Å². The Morgan fingerprint density at radius 3 is 2.38 bits per heavy atom. The molecule has 3 aliphatic rings. The second-order valence-electron chi connectivity index (χ2n) is 8.83. The Kier molecular flexibility index (Phi) is 7.46. The molecule has 0 spiro atoms. The van der Waals surface area contributed by atoms with E-state index < -0.39 is 0 Å². The van der Waals surface area contributed by atoms with Crippen molar-refractivity contribution >= 4 is 17.5 Å². The van der Waals surface area contributed by atoms with Crippen LogP contribution in [0.3, 0.4) is 0 Å². The fourth-order valence-electron chi connectivity index (χ4n) is 5.26. The average molecular weight is 419 g/mol. The maximum atomic E-state index is 12.7. The van der Waals surface area contributed by atoms with Crippen LogP contribution < -0.4 is 5.32 Å². The highest BCUT2D eigenvalue weighted by molar-refractivity contribution is 6.31. The van der Waals surface area contributed by atoms with Gasteiger partial charge in [0.2, 0.25) is 5.91 Å². The molecule has 2 heterocycles. The molecular weight excluding hydrogens is 384 g/mol. The number of nitrogens with one attached hydrogen (secondary N) is 1. The molecule has 1 amide bonds. The van der Waals surface area contributed by atoms with E-state index >= 15 is 0 Å². The number of carbonyl (C=O) groups excluding carboxylic acids is 1. The van der Waals surface area contributed by atoms with Gasteiger partial charge in [0.05, 0.1) is 12.6 Å². The molecule has 0 bridgehead atoms. The third-order valence-electron chi connectivity index (χ3n) is 6.95. The van der Waals surface area contributed by atoms with Crippen LogP contribution in [-0.2, 0) is 4.79 Å². The molecule has 3 fully saturated rings. The Hall–Kier alpha value is -1.14. The van der Waals surface area contributed by atoms with E-state index in [9.17, 15) is 4.79 Å². The largest absolute Gasteiger partial charge is 0.353 e. The highest BCUT2D eigenvalue weighted by atomic mass is 35.5. The fraction of sp³-hybridized carbons (Fsp3) is 0.696. The molecule has 2 aliphatic heterocycles. The molecule has 160 valence electrons. The Balaban J connectivity index is 1.26. The smallest absolute Gasteiger partial charge is 0.234 e. The molecule has 1 aromatic rings. The summed E-state index contributed by atoms with van der Waals surface area (Å²) in [5, 5.41) is 4.00. The lowest BCUT2D eigenvalue weighted by molar-refractivity contribution is -0.123. The molecular formula is C23H35ClN4O. The van der Waals surface area contributed by atoms with Gasteiger partial charge in [-0.05, 0) is 50.4 Å². The normalized spacial score (nSPS) is 23.5. The number of rotatable bonds is 7. The zero-order chi connectivity index (χ0) is 20.1. The maximum Gasteiger partial charge on any atom is 0.234 e. The predicted molar refractivity (Wildman–Crippen MR) is 118 cm³/mol. The van der Waals surface area contributed by atoms with Gasteiger partial charge in [-0.2, -0.15) is 0 Å². The van der Waals surface area contributed by atoms with Crippen LogP contribution in [0, 0.1) is 0 Å². The van der Waals surface area contributed by atoms with E-state index in [1.54, 1.807) is 0 Å². The van der Waals surface area contributed by atoms with Gasteiger partial charge < -0.3 is 5.32 Å². The van der Waals surface area contributed by atoms with Gasteiger partial charge in [0.25, 0.3) is 0 Å². The minimum absolute atomic E-state index is 0.135. The predicted octanol–water partition coefficient (Wildman–Crippen LogP) is 3.15. The number of likely N-dealkylation sites (tertiary alicyclic amines) is 1. The van der Waals surface area contributed by atoms with Crippen molar-refractivity contribution in [1.29, 1.82) is 0 Å². The number of hydrogen-bond donors (Lipinski definition) is 1. The van der Waals surface area contributed by atoms with Crippen LogP contribution in [0.5, 0.6) is 0 Å². The van der Waals surface area contributed by atoms with Crippen molar-refractivity contribution in [2.24, 2.45) is 0 Å². The molecule has 1 aromatic carbocycles. The first-order valence-electron chi connectivity index (χ1n) is 11.4. The number of piperazine rings is 1. The van der Waals surface area contributed by atoms with Gasteiger partial charge in [0, 0.05) is 43.8 Å². The molecule has 1 unspecified atom stereocenters. The first-order valence-corrected chi connectivity index (χ1v) is 11.8. The number of nitrogens with zero attached hydrogens (tertiary/aromatic N) is 3. The Labute approximate surface area is 180 Å². The van der Waals surface area contributed by atoms with E-state index in [-0.39, 0.29) is 11.9 Å². The molecule has 1 saturated carbocycles. The van der Waals surface area contributed by atoms with Gasteiger partial charge >= 0.3 is 0 Å². The van der Waals surface area contributed by atoms with Gasteiger partial charge in [-0.1, -0.05) is 42.6 Å². The number of amides is 1. The van der Waals surface area contributed by atoms with Crippen LogP contribution >= 0.6 is 11.6 Å². The molecule has 6 heteroatoms. The molecule has 2 saturated heterocycles. The SMILES string of the molecule is O=C(CN1CCN(C2CCCC2)CC1)NCC(c1ccccc1Cl)N1CCCC1. The van der Waals surface area contributed by atoms with Gasteiger partial charge in [-0.3, -0.25) is 19.5 Å². The van der Waals surface area contributed by atoms with Crippen molar-refractivity contribution in [3.63, 3.8) is 0 Å². The third kappa shape index (κ3) is 5.52. The fourth-order valence-corrected chi connectivity index (χ4v) is 5.52. The van der Waals surface area contributed by atoms with E-state index in [4.69, 9.17) is 11.6 Å². The summed E-state index contributed by atoms with van der Waals surface area (Å²) in [6.07, 6.45) is 7.94. The zero-order valence-corrected chi connectivity index (χ0v) is 18.2. The molecule has 1 atom stereocenters. The van der Waals surface area contributed by atoms with Crippen LogP contribution in [-0.4, -0.2) is 79.0 Å². The topological polar surface area (TPSA) is 38.8 Å². The molecule has 0 aromatic heterocycles. The summed E-state index contributed by atoms with van der Waals surface area (Å²) in [6, 6.07) is 9.01. The van der Waals surface area contributed by atoms with Crippen LogP contribution in [0.2, 0.25) is 5.02 Å². The lowest BCUT2D eigenvalue weighted by atomic mass is 10.1. The lowest BCUT2D eigenvalue weighted by Crippen LogP contribution is -2.52. The minimum Gasteiger partial charge on any atom is -0.353 e. The van der Waals surface area contributed by atoms with E-state index in [0.717, 1.165) is 55.9 Å². The highest BCUT2D eigenvalue weighted by Crippen LogP contribution is 2.29. The van der Waals surface area contributed by atoms with E-state index in [2.05, 4.69) is 26.1 Å². The van der Waals surface area contributed by atoms with Crippen molar-refractivity contribution in [1.82, 2.24) is 20.0 Å².